The van der Waals surface area contributed by atoms with Crippen LogP contribution in [0.4, 0.5) is 0 Å². The highest BCUT2D eigenvalue weighted by molar-refractivity contribution is 5.85. The average molecular weight is 329 g/mol. The Balaban J connectivity index is 0.00000242. The first-order chi connectivity index (χ1) is 10.2. The lowest BCUT2D eigenvalue weighted by Crippen LogP contribution is -2.37. The number of amides is 1. The largest absolute Gasteiger partial charge is 0.491 e. The van der Waals surface area contributed by atoms with Gasteiger partial charge in [-0.05, 0) is 37.9 Å². The number of halogens is 1. The van der Waals surface area contributed by atoms with Crippen molar-refractivity contribution in [3.8, 4) is 5.75 Å². The highest BCUT2D eigenvalue weighted by Gasteiger charge is 2.31. The first kappa shape index (κ1) is 18.7. The molecule has 22 heavy (non-hydrogen) atoms. The standard InChI is InChI=1S/C16H24N2O3.ClH/c1-13-9-14(10-17)11-18(13)16(19)12-20-7-8-21-15-5-3-2-4-6-15;/h2-6,13-14H,7-12,17H2,1H3;1H. The molecule has 1 aromatic carbocycles. The zero-order valence-electron chi connectivity index (χ0n) is 12.9. The van der Waals surface area contributed by atoms with Crippen LogP contribution >= 0.6 is 12.4 Å². The van der Waals surface area contributed by atoms with Gasteiger partial charge in [0.15, 0.2) is 0 Å². The first-order valence-corrected chi connectivity index (χ1v) is 7.46. The van der Waals surface area contributed by atoms with Crippen LogP contribution in [0.1, 0.15) is 13.3 Å². The lowest BCUT2D eigenvalue weighted by atomic mass is 10.1. The van der Waals surface area contributed by atoms with Crippen molar-refractivity contribution >= 4 is 18.3 Å². The minimum atomic E-state index is 0. The maximum absolute atomic E-state index is 12.1. The number of carbonyl (C=O) groups excluding carboxylic acids is 1. The molecule has 0 spiro atoms. The van der Waals surface area contributed by atoms with E-state index < -0.39 is 0 Å². The van der Waals surface area contributed by atoms with Crippen molar-refractivity contribution in [3.63, 3.8) is 0 Å². The Morgan fingerprint density at radius 1 is 1.32 bits per heavy atom. The highest BCUT2D eigenvalue weighted by atomic mass is 35.5. The summed E-state index contributed by atoms with van der Waals surface area (Å²) < 4.78 is 10.9. The second-order valence-corrected chi connectivity index (χ2v) is 5.45. The number of benzene rings is 1. The maximum Gasteiger partial charge on any atom is 0.248 e. The molecular weight excluding hydrogens is 304 g/mol. The lowest BCUT2D eigenvalue weighted by molar-refractivity contribution is -0.137. The van der Waals surface area contributed by atoms with Crippen molar-refractivity contribution in [2.75, 3.05) is 32.9 Å². The molecule has 5 nitrogen and oxygen atoms in total. The average Bonchev–Trinajstić information content (AvgIpc) is 2.89. The fourth-order valence-corrected chi connectivity index (χ4v) is 2.64. The maximum atomic E-state index is 12.1. The summed E-state index contributed by atoms with van der Waals surface area (Å²) in [5.41, 5.74) is 5.67. The molecule has 1 aliphatic heterocycles. The van der Waals surface area contributed by atoms with E-state index in [4.69, 9.17) is 15.2 Å². The minimum absolute atomic E-state index is 0. The van der Waals surface area contributed by atoms with Gasteiger partial charge in [-0.25, -0.2) is 0 Å². The number of hydrogen-bond donors (Lipinski definition) is 1. The van der Waals surface area contributed by atoms with E-state index in [9.17, 15) is 4.79 Å². The van der Waals surface area contributed by atoms with Crippen LogP contribution in [-0.2, 0) is 9.53 Å². The Hall–Kier alpha value is -1.30. The van der Waals surface area contributed by atoms with E-state index in [0.717, 1.165) is 18.7 Å². The molecule has 1 aliphatic rings. The van der Waals surface area contributed by atoms with Gasteiger partial charge in [-0.3, -0.25) is 4.79 Å². The molecule has 0 radical (unpaired) electrons. The van der Waals surface area contributed by atoms with E-state index in [1.807, 2.05) is 35.2 Å². The van der Waals surface area contributed by atoms with Crippen molar-refractivity contribution in [1.29, 1.82) is 0 Å². The van der Waals surface area contributed by atoms with Crippen LogP contribution in [-0.4, -0.2) is 49.8 Å². The number of likely N-dealkylation sites (tertiary alicyclic amines) is 1. The fraction of sp³-hybridized carbons (Fsp3) is 0.562. The molecule has 1 fully saturated rings. The molecule has 2 N–H and O–H groups in total. The molecular formula is C16H25ClN2O3. The van der Waals surface area contributed by atoms with E-state index >= 15 is 0 Å². The highest BCUT2D eigenvalue weighted by Crippen LogP contribution is 2.21. The van der Waals surface area contributed by atoms with Crippen LogP contribution < -0.4 is 10.5 Å². The quantitative estimate of drug-likeness (QED) is 0.774. The summed E-state index contributed by atoms with van der Waals surface area (Å²) >= 11 is 0. The van der Waals surface area contributed by atoms with Crippen molar-refractivity contribution in [1.82, 2.24) is 4.90 Å². The third-order valence-electron chi connectivity index (χ3n) is 3.78. The Bertz CT molecular complexity index is 444. The Kier molecular flexibility index (Phi) is 8.24. The van der Waals surface area contributed by atoms with Gasteiger partial charge in [-0.1, -0.05) is 18.2 Å². The second kappa shape index (κ2) is 9.66. The minimum Gasteiger partial charge on any atom is -0.491 e. The summed E-state index contributed by atoms with van der Waals surface area (Å²) in [7, 11) is 0. The number of nitrogens with zero attached hydrogens (tertiary/aromatic N) is 1. The number of para-hydroxylation sites is 1. The fourth-order valence-electron chi connectivity index (χ4n) is 2.64. The van der Waals surface area contributed by atoms with E-state index in [1.165, 1.54) is 0 Å². The van der Waals surface area contributed by atoms with Gasteiger partial charge in [-0.2, -0.15) is 0 Å². The van der Waals surface area contributed by atoms with Crippen LogP contribution in [0, 0.1) is 5.92 Å². The Morgan fingerprint density at radius 3 is 2.68 bits per heavy atom. The lowest BCUT2D eigenvalue weighted by Gasteiger charge is -2.21. The summed E-state index contributed by atoms with van der Waals surface area (Å²) in [6.45, 7) is 4.41. The van der Waals surface area contributed by atoms with Gasteiger partial charge in [0.1, 0.15) is 19.0 Å². The number of ether oxygens (including phenoxy) is 2. The van der Waals surface area contributed by atoms with Gasteiger partial charge < -0.3 is 20.1 Å². The molecule has 1 amide bonds. The van der Waals surface area contributed by atoms with Crippen molar-refractivity contribution in [3.05, 3.63) is 30.3 Å². The van der Waals surface area contributed by atoms with Gasteiger partial charge in [0.05, 0.1) is 6.61 Å². The zero-order chi connectivity index (χ0) is 15.1. The normalized spacial score (nSPS) is 20.5. The molecule has 0 aromatic heterocycles. The van der Waals surface area contributed by atoms with E-state index in [2.05, 4.69) is 6.92 Å². The monoisotopic (exact) mass is 328 g/mol. The van der Waals surface area contributed by atoms with Gasteiger partial charge in [0, 0.05) is 12.6 Å². The number of nitrogens with two attached hydrogens (primary N) is 1. The van der Waals surface area contributed by atoms with Crippen LogP contribution in [0.25, 0.3) is 0 Å². The smallest absolute Gasteiger partial charge is 0.248 e. The molecule has 2 atom stereocenters. The molecule has 6 heteroatoms. The summed E-state index contributed by atoms with van der Waals surface area (Å²) in [6, 6.07) is 9.82. The second-order valence-electron chi connectivity index (χ2n) is 5.45. The van der Waals surface area contributed by atoms with Gasteiger partial charge in [0.25, 0.3) is 0 Å². The van der Waals surface area contributed by atoms with Gasteiger partial charge in [0.2, 0.25) is 5.91 Å². The molecule has 0 aliphatic carbocycles. The molecule has 1 saturated heterocycles. The van der Waals surface area contributed by atoms with E-state index in [0.29, 0.717) is 25.7 Å². The molecule has 1 heterocycles. The third kappa shape index (κ3) is 5.48. The van der Waals surface area contributed by atoms with Crippen molar-refractivity contribution in [2.24, 2.45) is 11.7 Å². The third-order valence-corrected chi connectivity index (χ3v) is 3.78. The number of carbonyl (C=O) groups is 1. The molecule has 0 bridgehead atoms. The van der Waals surface area contributed by atoms with E-state index in [1.54, 1.807) is 0 Å². The predicted molar refractivity (Wildman–Crippen MR) is 88.3 cm³/mol. The number of hydrogen-bond acceptors (Lipinski definition) is 4. The van der Waals surface area contributed by atoms with Crippen molar-refractivity contribution < 1.29 is 14.3 Å². The number of rotatable bonds is 7. The molecule has 2 unspecified atom stereocenters. The van der Waals surface area contributed by atoms with Crippen LogP contribution in [0.2, 0.25) is 0 Å². The van der Waals surface area contributed by atoms with Gasteiger partial charge >= 0.3 is 0 Å². The topological polar surface area (TPSA) is 64.8 Å². The van der Waals surface area contributed by atoms with E-state index in [-0.39, 0.29) is 31.0 Å². The van der Waals surface area contributed by atoms with Crippen LogP contribution in [0.5, 0.6) is 5.75 Å². The first-order valence-electron chi connectivity index (χ1n) is 7.46. The molecule has 124 valence electrons. The SMILES string of the molecule is CC1CC(CN)CN1C(=O)COCCOc1ccccc1.Cl. The summed E-state index contributed by atoms with van der Waals surface area (Å²) in [4.78, 5) is 13.9. The predicted octanol–water partition coefficient (Wildman–Crippen LogP) is 1.70. The zero-order valence-corrected chi connectivity index (χ0v) is 13.8. The van der Waals surface area contributed by atoms with Gasteiger partial charge in [-0.15, -0.1) is 12.4 Å². The van der Waals surface area contributed by atoms with Crippen molar-refractivity contribution in [2.45, 2.75) is 19.4 Å². The Morgan fingerprint density at radius 2 is 2.05 bits per heavy atom. The summed E-state index contributed by atoms with van der Waals surface area (Å²) in [5, 5.41) is 0. The van der Waals surface area contributed by atoms with Crippen LogP contribution in [0.3, 0.4) is 0 Å². The molecule has 0 saturated carbocycles. The molecule has 1 aromatic rings. The Labute approximate surface area is 138 Å². The summed E-state index contributed by atoms with van der Waals surface area (Å²) in [6.07, 6.45) is 0.985. The van der Waals surface area contributed by atoms with Crippen LogP contribution in [0.15, 0.2) is 30.3 Å². The summed E-state index contributed by atoms with van der Waals surface area (Å²) in [5.74, 6) is 1.27. The molecule has 2 rings (SSSR count).